The first kappa shape index (κ1) is 19.9. The lowest BCUT2D eigenvalue weighted by molar-refractivity contribution is -0.00998. The third-order valence-corrected chi connectivity index (χ3v) is 3.65. The molecule has 4 heteroatoms. The van der Waals surface area contributed by atoms with E-state index in [4.69, 9.17) is 9.47 Å². The Morgan fingerprint density at radius 2 is 1.91 bits per heavy atom. The molecule has 1 N–H and O–H groups in total. The van der Waals surface area contributed by atoms with Crippen molar-refractivity contribution >= 4 is 0 Å². The van der Waals surface area contributed by atoms with Gasteiger partial charge in [-0.05, 0) is 50.4 Å². The number of hydrogen-bond donors (Lipinski definition) is 1. The zero-order chi connectivity index (χ0) is 17.2. The topological polar surface area (TPSA) is 41.9 Å². The van der Waals surface area contributed by atoms with Gasteiger partial charge in [0.25, 0.3) is 0 Å². The molecule has 0 saturated heterocycles. The summed E-state index contributed by atoms with van der Waals surface area (Å²) >= 11 is 0. The van der Waals surface area contributed by atoms with Crippen LogP contribution in [0.15, 0.2) is 24.3 Å². The number of benzene rings is 1. The van der Waals surface area contributed by atoms with Gasteiger partial charge in [-0.1, -0.05) is 26.0 Å². The fourth-order valence-corrected chi connectivity index (χ4v) is 2.36. The monoisotopic (exact) mass is 323 g/mol. The first-order valence-electron chi connectivity index (χ1n) is 8.55. The predicted octanol–water partition coefficient (Wildman–Crippen LogP) is 3.33. The number of aliphatic hydroxyl groups is 1. The van der Waals surface area contributed by atoms with Gasteiger partial charge in [0.15, 0.2) is 0 Å². The van der Waals surface area contributed by atoms with E-state index in [0.29, 0.717) is 19.1 Å². The maximum absolute atomic E-state index is 10.2. The zero-order valence-electron chi connectivity index (χ0n) is 15.3. The number of methoxy groups -OCH3 is 1. The fraction of sp³-hybridized carbons (Fsp3) is 0.684. The number of ether oxygens (including phenoxy) is 2. The third kappa shape index (κ3) is 8.94. The smallest absolute Gasteiger partial charge is 0.119 e. The van der Waals surface area contributed by atoms with Crippen LogP contribution in [0.5, 0.6) is 5.75 Å². The van der Waals surface area contributed by atoms with Crippen LogP contribution >= 0.6 is 0 Å². The van der Waals surface area contributed by atoms with Crippen LogP contribution in [0.25, 0.3) is 0 Å². The van der Waals surface area contributed by atoms with E-state index in [1.54, 1.807) is 7.11 Å². The second-order valence-electron chi connectivity index (χ2n) is 6.81. The minimum absolute atomic E-state index is 0.146. The molecule has 0 spiro atoms. The Balaban J connectivity index is 2.63. The Labute approximate surface area is 141 Å². The largest absolute Gasteiger partial charge is 0.497 e. The summed E-state index contributed by atoms with van der Waals surface area (Å²) in [4.78, 5) is 2.29. The van der Waals surface area contributed by atoms with Gasteiger partial charge < -0.3 is 14.6 Å². The molecule has 1 atom stereocenters. The molecule has 1 aromatic rings. The molecule has 0 heterocycles. The van der Waals surface area contributed by atoms with Crippen LogP contribution in [0.3, 0.4) is 0 Å². The van der Waals surface area contributed by atoms with Crippen LogP contribution in [0.2, 0.25) is 0 Å². The van der Waals surface area contributed by atoms with E-state index in [1.165, 1.54) is 5.56 Å². The quantitative estimate of drug-likeness (QED) is 0.678. The Bertz CT molecular complexity index is 434. The van der Waals surface area contributed by atoms with Crippen molar-refractivity contribution in [1.29, 1.82) is 0 Å². The molecule has 23 heavy (non-hydrogen) atoms. The van der Waals surface area contributed by atoms with E-state index in [1.807, 2.05) is 26.0 Å². The van der Waals surface area contributed by atoms with Crippen molar-refractivity contribution in [3.63, 3.8) is 0 Å². The van der Waals surface area contributed by atoms with Crippen molar-refractivity contribution in [1.82, 2.24) is 4.90 Å². The first-order valence-corrected chi connectivity index (χ1v) is 8.55. The van der Waals surface area contributed by atoms with E-state index in [2.05, 4.69) is 30.9 Å². The lowest BCUT2D eigenvalue weighted by atomic mass is 10.1. The minimum Gasteiger partial charge on any atom is -0.497 e. The van der Waals surface area contributed by atoms with Crippen LogP contribution in [0.1, 0.15) is 39.7 Å². The summed E-state index contributed by atoms with van der Waals surface area (Å²) in [7, 11) is 1.68. The van der Waals surface area contributed by atoms with Gasteiger partial charge in [0.05, 0.1) is 25.9 Å². The van der Waals surface area contributed by atoms with Crippen LogP contribution < -0.4 is 4.74 Å². The van der Waals surface area contributed by atoms with Crippen molar-refractivity contribution in [2.24, 2.45) is 5.92 Å². The molecule has 4 nitrogen and oxygen atoms in total. The maximum atomic E-state index is 10.2. The van der Waals surface area contributed by atoms with Crippen molar-refractivity contribution < 1.29 is 14.6 Å². The normalized spacial score (nSPS) is 13.1. The minimum atomic E-state index is -0.463. The Hall–Kier alpha value is -1.10. The van der Waals surface area contributed by atoms with E-state index < -0.39 is 6.10 Å². The van der Waals surface area contributed by atoms with Gasteiger partial charge in [0.2, 0.25) is 0 Å². The van der Waals surface area contributed by atoms with Crippen molar-refractivity contribution in [3.05, 3.63) is 29.8 Å². The summed E-state index contributed by atoms with van der Waals surface area (Å²) in [6.07, 6.45) is 0.796. The highest BCUT2D eigenvalue weighted by Gasteiger charge is 2.14. The molecule has 0 aromatic heterocycles. The van der Waals surface area contributed by atoms with Gasteiger partial charge in [0, 0.05) is 13.1 Å². The summed E-state index contributed by atoms with van der Waals surface area (Å²) in [5, 5.41) is 10.2. The van der Waals surface area contributed by atoms with Crippen LogP contribution in [-0.2, 0) is 11.3 Å². The molecule has 132 valence electrons. The summed E-state index contributed by atoms with van der Waals surface area (Å²) in [5.74, 6) is 1.52. The molecule has 1 aromatic carbocycles. The number of rotatable bonds is 11. The maximum Gasteiger partial charge on any atom is 0.119 e. The fourth-order valence-electron chi connectivity index (χ4n) is 2.36. The van der Waals surface area contributed by atoms with Gasteiger partial charge in [-0.3, -0.25) is 4.90 Å². The number of aliphatic hydroxyl groups excluding tert-OH is 1. The molecule has 0 bridgehead atoms. The van der Waals surface area contributed by atoms with Gasteiger partial charge in [-0.25, -0.2) is 0 Å². The van der Waals surface area contributed by atoms with Gasteiger partial charge >= 0.3 is 0 Å². The lowest BCUT2D eigenvalue weighted by Crippen LogP contribution is -2.36. The van der Waals surface area contributed by atoms with E-state index in [-0.39, 0.29) is 6.10 Å². The van der Waals surface area contributed by atoms with Crippen molar-refractivity contribution in [2.75, 3.05) is 26.8 Å². The third-order valence-electron chi connectivity index (χ3n) is 3.65. The molecule has 0 radical (unpaired) electrons. The molecule has 0 amide bonds. The van der Waals surface area contributed by atoms with Crippen molar-refractivity contribution in [3.8, 4) is 5.75 Å². The predicted molar refractivity (Wildman–Crippen MR) is 94.8 cm³/mol. The summed E-state index contributed by atoms with van der Waals surface area (Å²) in [5.41, 5.74) is 1.20. The van der Waals surface area contributed by atoms with Crippen LogP contribution in [-0.4, -0.2) is 49.0 Å². The molecule has 0 aliphatic carbocycles. The van der Waals surface area contributed by atoms with E-state index >= 15 is 0 Å². The number of nitrogens with zero attached hydrogens (tertiary/aromatic N) is 1. The first-order chi connectivity index (χ1) is 10.9. The lowest BCUT2D eigenvalue weighted by Gasteiger charge is -2.26. The summed E-state index contributed by atoms with van der Waals surface area (Å²) < 4.78 is 10.8. The second-order valence-corrected chi connectivity index (χ2v) is 6.81. The molecule has 0 saturated carbocycles. The average Bonchev–Trinajstić information content (AvgIpc) is 2.50. The van der Waals surface area contributed by atoms with Gasteiger partial charge in [0.1, 0.15) is 5.75 Å². The molecule has 0 aliphatic rings. The van der Waals surface area contributed by atoms with Gasteiger partial charge in [-0.2, -0.15) is 0 Å². The SMILES string of the molecule is COc1cccc(CN(CCC(C)C)CC(O)COC(C)C)c1. The zero-order valence-corrected chi connectivity index (χ0v) is 15.3. The van der Waals surface area contributed by atoms with Crippen LogP contribution in [0, 0.1) is 5.92 Å². The van der Waals surface area contributed by atoms with Crippen LogP contribution in [0.4, 0.5) is 0 Å². The molecular formula is C19H33NO3. The molecule has 0 fully saturated rings. The summed E-state index contributed by atoms with van der Waals surface area (Å²) in [6.45, 7) is 11.2. The number of hydrogen-bond acceptors (Lipinski definition) is 4. The highest BCUT2D eigenvalue weighted by Crippen LogP contribution is 2.15. The molecular weight excluding hydrogens is 290 g/mol. The van der Waals surface area contributed by atoms with Crippen molar-refractivity contribution in [2.45, 2.75) is 52.9 Å². The highest BCUT2D eigenvalue weighted by molar-refractivity contribution is 5.28. The highest BCUT2D eigenvalue weighted by atomic mass is 16.5. The molecule has 1 rings (SSSR count). The molecule has 1 unspecified atom stereocenters. The van der Waals surface area contributed by atoms with E-state index in [0.717, 1.165) is 25.3 Å². The molecule has 0 aliphatic heterocycles. The average molecular weight is 323 g/mol. The summed E-state index contributed by atoms with van der Waals surface area (Å²) in [6, 6.07) is 8.11. The van der Waals surface area contributed by atoms with Gasteiger partial charge in [-0.15, -0.1) is 0 Å². The Morgan fingerprint density at radius 1 is 1.17 bits per heavy atom. The van der Waals surface area contributed by atoms with E-state index in [9.17, 15) is 5.11 Å². The Morgan fingerprint density at radius 3 is 2.52 bits per heavy atom. The Kier molecular flexibility index (Phi) is 9.22. The standard InChI is InChI=1S/C19H33NO3/c1-15(2)9-10-20(13-18(21)14-23-16(3)4)12-17-7-6-8-19(11-17)22-5/h6-8,11,15-16,18,21H,9-10,12-14H2,1-5H3. The second kappa shape index (κ2) is 10.6.